The van der Waals surface area contributed by atoms with Crippen molar-refractivity contribution in [1.82, 2.24) is 19.5 Å². The molecule has 1 aliphatic rings. The molecular weight excluding hydrogens is 480 g/mol. The fraction of sp³-hybridized carbons (Fsp3) is 0.259. The highest BCUT2D eigenvalue weighted by Gasteiger charge is 2.32. The number of aromatic hydroxyl groups is 1. The van der Waals surface area contributed by atoms with Crippen LogP contribution in [0.15, 0.2) is 77.4 Å². The molecule has 178 valence electrons. The molecule has 1 N–H and O–H groups in total. The van der Waals surface area contributed by atoms with Crippen molar-refractivity contribution in [2.75, 3.05) is 13.1 Å². The standard InChI is InChI=1S/C27H25ClN4O2S/c28-21-9-4-8-20(17-21)23(31-13-11-19(12-14-31)16-18-6-2-1-3-7-18)24-26(33)32-27(35-24)29-25(30-32)22-10-5-15-34-22/h1-10,15,17,19,23,33H,11-14,16H2. The maximum absolute atomic E-state index is 11.3. The Bertz CT molecular complexity index is 1420. The van der Waals surface area contributed by atoms with Crippen LogP contribution >= 0.6 is 22.9 Å². The second kappa shape index (κ2) is 9.49. The third kappa shape index (κ3) is 4.47. The number of thiazole rings is 1. The monoisotopic (exact) mass is 504 g/mol. The Morgan fingerprint density at radius 1 is 1.06 bits per heavy atom. The number of benzene rings is 2. The van der Waals surface area contributed by atoms with Crippen molar-refractivity contribution in [3.63, 3.8) is 0 Å². The van der Waals surface area contributed by atoms with Crippen LogP contribution in [0.5, 0.6) is 5.88 Å². The van der Waals surface area contributed by atoms with Crippen molar-refractivity contribution in [1.29, 1.82) is 0 Å². The van der Waals surface area contributed by atoms with Gasteiger partial charge >= 0.3 is 0 Å². The molecule has 6 nitrogen and oxygen atoms in total. The zero-order valence-electron chi connectivity index (χ0n) is 19.0. The average molecular weight is 505 g/mol. The number of likely N-dealkylation sites (tertiary alicyclic amines) is 1. The lowest BCUT2D eigenvalue weighted by Crippen LogP contribution is -2.37. The molecule has 0 aliphatic carbocycles. The van der Waals surface area contributed by atoms with Gasteiger partial charge in [-0.15, -0.1) is 5.10 Å². The lowest BCUT2D eigenvalue weighted by atomic mass is 9.89. The summed E-state index contributed by atoms with van der Waals surface area (Å²) in [6.45, 7) is 1.89. The molecule has 0 bridgehead atoms. The molecule has 0 amide bonds. The fourth-order valence-electron chi connectivity index (χ4n) is 5.01. The van der Waals surface area contributed by atoms with Gasteiger partial charge in [0.2, 0.25) is 16.7 Å². The summed E-state index contributed by atoms with van der Waals surface area (Å²) < 4.78 is 6.94. The van der Waals surface area contributed by atoms with E-state index in [2.05, 4.69) is 51.4 Å². The van der Waals surface area contributed by atoms with E-state index < -0.39 is 0 Å². The van der Waals surface area contributed by atoms with Crippen molar-refractivity contribution in [2.45, 2.75) is 25.3 Å². The molecule has 5 aromatic rings. The first-order valence-electron chi connectivity index (χ1n) is 11.8. The van der Waals surface area contributed by atoms with Gasteiger partial charge in [0.25, 0.3) is 0 Å². The second-order valence-electron chi connectivity index (χ2n) is 9.02. The van der Waals surface area contributed by atoms with Crippen LogP contribution in [0.4, 0.5) is 0 Å². The Hall–Kier alpha value is -3.13. The smallest absolute Gasteiger partial charge is 0.230 e. The molecule has 6 rings (SSSR count). The van der Waals surface area contributed by atoms with Crippen molar-refractivity contribution in [2.24, 2.45) is 5.92 Å². The van der Waals surface area contributed by atoms with Gasteiger partial charge in [-0.25, -0.2) is 0 Å². The first-order valence-corrected chi connectivity index (χ1v) is 13.0. The summed E-state index contributed by atoms with van der Waals surface area (Å²) in [7, 11) is 0. The van der Waals surface area contributed by atoms with Gasteiger partial charge in [-0.05, 0) is 73.7 Å². The number of furan rings is 1. The molecular formula is C27H25ClN4O2S. The minimum atomic E-state index is -0.119. The first kappa shape index (κ1) is 22.3. The minimum Gasteiger partial charge on any atom is -0.492 e. The van der Waals surface area contributed by atoms with Gasteiger partial charge in [0.15, 0.2) is 5.76 Å². The number of aromatic nitrogens is 3. The van der Waals surface area contributed by atoms with E-state index in [0.717, 1.165) is 42.8 Å². The number of hydrogen-bond acceptors (Lipinski definition) is 6. The van der Waals surface area contributed by atoms with Gasteiger partial charge < -0.3 is 9.52 Å². The largest absolute Gasteiger partial charge is 0.492 e. The number of hydrogen-bond donors (Lipinski definition) is 1. The number of piperidine rings is 1. The molecule has 1 saturated heterocycles. The van der Waals surface area contributed by atoms with Crippen LogP contribution in [0.2, 0.25) is 5.02 Å². The SMILES string of the molecule is Oc1c(C(c2cccc(Cl)c2)N2CCC(Cc3ccccc3)CC2)sc2nc(-c3ccco3)nn12. The van der Waals surface area contributed by atoms with Gasteiger partial charge in [-0.2, -0.15) is 9.50 Å². The van der Waals surface area contributed by atoms with Crippen molar-refractivity contribution < 1.29 is 9.52 Å². The summed E-state index contributed by atoms with van der Waals surface area (Å²) in [5, 5.41) is 16.4. The van der Waals surface area contributed by atoms with Gasteiger partial charge in [-0.3, -0.25) is 4.90 Å². The molecule has 0 radical (unpaired) electrons. The molecule has 1 aliphatic heterocycles. The van der Waals surface area contributed by atoms with Gasteiger partial charge in [0.05, 0.1) is 17.2 Å². The Balaban J connectivity index is 1.30. The van der Waals surface area contributed by atoms with E-state index in [-0.39, 0.29) is 11.9 Å². The molecule has 1 fully saturated rings. The summed E-state index contributed by atoms with van der Waals surface area (Å²) in [6.07, 6.45) is 4.91. The van der Waals surface area contributed by atoms with E-state index in [4.69, 9.17) is 16.0 Å². The number of fused-ring (bicyclic) bond motifs is 1. The predicted octanol–water partition coefficient (Wildman–Crippen LogP) is 6.45. The highest BCUT2D eigenvalue weighted by atomic mass is 35.5. The van der Waals surface area contributed by atoms with E-state index in [1.165, 1.54) is 21.4 Å². The fourth-order valence-corrected chi connectivity index (χ4v) is 6.32. The molecule has 0 spiro atoms. The van der Waals surface area contributed by atoms with E-state index in [9.17, 15) is 5.11 Å². The van der Waals surface area contributed by atoms with Crippen LogP contribution in [-0.2, 0) is 6.42 Å². The lowest BCUT2D eigenvalue weighted by molar-refractivity contribution is 0.150. The summed E-state index contributed by atoms with van der Waals surface area (Å²) in [6, 6.07) is 22.1. The Morgan fingerprint density at radius 3 is 2.60 bits per heavy atom. The van der Waals surface area contributed by atoms with Crippen molar-refractivity contribution in [3.8, 4) is 17.5 Å². The second-order valence-corrected chi connectivity index (χ2v) is 10.5. The quantitative estimate of drug-likeness (QED) is 0.287. The van der Waals surface area contributed by atoms with Crippen molar-refractivity contribution >= 4 is 27.9 Å². The number of nitrogens with zero attached hydrogens (tertiary/aromatic N) is 4. The zero-order chi connectivity index (χ0) is 23.8. The number of rotatable bonds is 6. The summed E-state index contributed by atoms with van der Waals surface area (Å²) >= 11 is 7.85. The third-order valence-corrected chi connectivity index (χ3v) is 8.04. The number of halogens is 1. The predicted molar refractivity (Wildman–Crippen MR) is 138 cm³/mol. The van der Waals surface area contributed by atoms with E-state index in [0.29, 0.717) is 27.5 Å². The molecule has 2 aromatic carbocycles. The van der Waals surface area contributed by atoms with E-state index >= 15 is 0 Å². The summed E-state index contributed by atoms with van der Waals surface area (Å²) in [5.41, 5.74) is 2.46. The van der Waals surface area contributed by atoms with Gasteiger partial charge in [0, 0.05) is 5.02 Å². The molecule has 8 heteroatoms. The molecule has 0 saturated carbocycles. The molecule has 1 atom stereocenters. The van der Waals surface area contributed by atoms with Crippen LogP contribution in [0.1, 0.15) is 34.9 Å². The first-order chi connectivity index (χ1) is 17.2. The molecule has 35 heavy (non-hydrogen) atoms. The lowest BCUT2D eigenvalue weighted by Gasteiger charge is -2.37. The zero-order valence-corrected chi connectivity index (χ0v) is 20.6. The Kier molecular flexibility index (Phi) is 6.06. The van der Waals surface area contributed by atoms with Gasteiger partial charge in [0.1, 0.15) is 0 Å². The Morgan fingerprint density at radius 2 is 1.89 bits per heavy atom. The molecule has 1 unspecified atom stereocenters. The highest BCUT2D eigenvalue weighted by molar-refractivity contribution is 7.17. The minimum absolute atomic E-state index is 0.117. The maximum Gasteiger partial charge on any atom is 0.230 e. The molecule has 4 heterocycles. The van der Waals surface area contributed by atoms with E-state index in [1.54, 1.807) is 12.3 Å². The average Bonchev–Trinajstić information content (AvgIpc) is 3.60. The summed E-state index contributed by atoms with van der Waals surface area (Å²) in [4.78, 5) is 8.52. The highest BCUT2D eigenvalue weighted by Crippen LogP contribution is 2.42. The van der Waals surface area contributed by atoms with Crippen LogP contribution < -0.4 is 0 Å². The van der Waals surface area contributed by atoms with Crippen LogP contribution in [0, 0.1) is 5.92 Å². The van der Waals surface area contributed by atoms with Crippen LogP contribution in [0.25, 0.3) is 16.5 Å². The maximum atomic E-state index is 11.3. The van der Waals surface area contributed by atoms with Crippen LogP contribution in [-0.4, -0.2) is 37.7 Å². The van der Waals surface area contributed by atoms with Crippen molar-refractivity contribution in [3.05, 3.63) is 94.0 Å². The normalized spacial score (nSPS) is 16.1. The third-order valence-electron chi connectivity index (χ3n) is 6.74. The van der Waals surface area contributed by atoms with E-state index in [1.807, 2.05) is 24.3 Å². The topological polar surface area (TPSA) is 66.8 Å². The Labute approximate surface area is 212 Å². The molecule has 3 aromatic heterocycles. The summed E-state index contributed by atoms with van der Waals surface area (Å²) in [5.74, 6) is 1.81. The van der Waals surface area contributed by atoms with Crippen LogP contribution in [0.3, 0.4) is 0 Å². The van der Waals surface area contributed by atoms with Gasteiger partial charge in [-0.1, -0.05) is 65.4 Å².